The Labute approximate surface area is 97.8 Å². The van der Waals surface area contributed by atoms with Crippen molar-refractivity contribution < 1.29 is 4.74 Å². The molecule has 1 atom stereocenters. The maximum Gasteiger partial charge on any atom is 0.0522 e. The summed E-state index contributed by atoms with van der Waals surface area (Å²) in [5, 5.41) is 4.23. The van der Waals surface area contributed by atoms with Gasteiger partial charge in [0, 0.05) is 32.0 Å². The molecule has 0 saturated carbocycles. The third kappa shape index (κ3) is 4.77. The third-order valence-electron chi connectivity index (χ3n) is 2.49. The predicted octanol–water partition coefficient (Wildman–Crippen LogP) is 1.59. The topological polar surface area (TPSA) is 53.1 Å². The first-order valence-electron chi connectivity index (χ1n) is 6.10. The second-order valence-electron chi connectivity index (χ2n) is 4.07. The van der Waals surface area contributed by atoms with Crippen molar-refractivity contribution in [2.45, 2.75) is 45.7 Å². The highest BCUT2D eigenvalue weighted by molar-refractivity contribution is 5.05. The van der Waals surface area contributed by atoms with Gasteiger partial charge in [-0.25, -0.2) is 0 Å². The summed E-state index contributed by atoms with van der Waals surface area (Å²) < 4.78 is 7.34. The van der Waals surface area contributed by atoms with Gasteiger partial charge in [0.2, 0.25) is 0 Å². The lowest BCUT2D eigenvalue weighted by atomic mass is 10.1. The minimum atomic E-state index is 0.173. The predicted molar refractivity (Wildman–Crippen MR) is 65.3 cm³/mol. The van der Waals surface area contributed by atoms with Crippen LogP contribution in [0.3, 0.4) is 0 Å². The molecule has 1 rings (SSSR count). The molecule has 1 aromatic rings. The first-order chi connectivity index (χ1) is 7.76. The van der Waals surface area contributed by atoms with E-state index in [1.54, 1.807) is 0 Å². The molecular weight excluding hydrogens is 202 g/mol. The van der Waals surface area contributed by atoms with Gasteiger partial charge in [0.1, 0.15) is 0 Å². The minimum Gasteiger partial charge on any atom is -0.381 e. The highest BCUT2D eigenvalue weighted by atomic mass is 16.5. The van der Waals surface area contributed by atoms with Gasteiger partial charge in [-0.05, 0) is 31.7 Å². The molecule has 1 aromatic heterocycles. The molecule has 2 N–H and O–H groups in total. The smallest absolute Gasteiger partial charge is 0.0522 e. The molecule has 0 saturated heterocycles. The molecule has 0 radical (unpaired) electrons. The van der Waals surface area contributed by atoms with Crippen molar-refractivity contribution in [1.29, 1.82) is 0 Å². The highest BCUT2D eigenvalue weighted by Crippen LogP contribution is 2.04. The summed E-state index contributed by atoms with van der Waals surface area (Å²) in [6.45, 7) is 6.70. The van der Waals surface area contributed by atoms with Crippen LogP contribution in [0.1, 0.15) is 32.3 Å². The van der Waals surface area contributed by atoms with E-state index in [1.165, 1.54) is 5.56 Å². The fourth-order valence-corrected chi connectivity index (χ4v) is 1.57. The molecule has 0 bridgehead atoms. The van der Waals surface area contributed by atoms with E-state index in [0.717, 1.165) is 39.0 Å². The molecule has 4 heteroatoms. The van der Waals surface area contributed by atoms with E-state index in [2.05, 4.69) is 25.1 Å². The number of hydrogen-bond donors (Lipinski definition) is 1. The average Bonchev–Trinajstić information content (AvgIpc) is 2.72. The Balaban J connectivity index is 2.20. The lowest BCUT2D eigenvalue weighted by Crippen LogP contribution is -2.24. The number of aromatic nitrogens is 2. The summed E-state index contributed by atoms with van der Waals surface area (Å²) in [5.74, 6) is 0. The zero-order valence-corrected chi connectivity index (χ0v) is 10.4. The number of hydrogen-bond acceptors (Lipinski definition) is 3. The van der Waals surface area contributed by atoms with E-state index < -0.39 is 0 Å². The molecule has 4 nitrogen and oxygen atoms in total. The fraction of sp³-hybridized carbons (Fsp3) is 0.750. The summed E-state index contributed by atoms with van der Waals surface area (Å²) in [5.41, 5.74) is 7.23. The summed E-state index contributed by atoms with van der Waals surface area (Å²) >= 11 is 0. The molecule has 92 valence electrons. The van der Waals surface area contributed by atoms with Gasteiger partial charge in [-0.1, -0.05) is 6.92 Å². The van der Waals surface area contributed by atoms with E-state index in [4.69, 9.17) is 10.5 Å². The van der Waals surface area contributed by atoms with Gasteiger partial charge in [-0.3, -0.25) is 4.68 Å². The quantitative estimate of drug-likeness (QED) is 0.684. The van der Waals surface area contributed by atoms with Crippen LogP contribution in [0.2, 0.25) is 0 Å². The molecule has 0 aliphatic carbocycles. The molecule has 1 heterocycles. The van der Waals surface area contributed by atoms with Crippen molar-refractivity contribution >= 4 is 0 Å². The van der Waals surface area contributed by atoms with Crippen LogP contribution >= 0.6 is 0 Å². The van der Waals surface area contributed by atoms with E-state index in [1.807, 2.05) is 10.9 Å². The van der Waals surface area contributed by atoms with Crippen LogP contribution < -0.4 is 5.73 Å². The normalized spacial score (nSPS) is 12.9. The minimum absolute atomic E-state index is 0.173. The SMILES string of the molecule is CCCOCCC(N)Cc1cnn(CC)c1. The van der Waals surface area contributed by atoms with Gasteiger partial charge in [-0.15, -0.1) is 0 Å². The van der Waals surface area contributed by atoms with Gasteiger partial charge in [-0.2, -0.15) is 5.10 Å². The average molecular weight is 225 g/mol. The first kappa shape index (κ1) is 13.2. The number of rotatable bonds is 8. The second kappa shape index (κ2) is 7.41. The molecule has 0 aliphatic rings. The Kier molecular flexibility index (Phi) is 6.11. The van der Waals surface area contributed by atoms with Crippen molar-refractivity contribution in [1.82, 2.24) is 9.78 Å². The zero-order chi connectivity index (χ0) is 11.8. The number of nitrogens with zero attached hydrogens (tertiary/aromatic N) is 2. The standard InChI is InChI=1S/C12H23N3O/c1-3-6-16-7-5-12(13)8-11-9-14-15(4-2)10-11/h9-10,12H,3-8,13H2,1-2H3. The van der Waals surface area contributed by atoms with E-state index in [0.29, 0.717) is 0 Å². The van der Waals surface area contributed by atoms with Gasteiger partial charge >= 0.3 is 0 Å². The molecule has 16 heavy (non-hydrogen) atoms. The third-order valence-corrected chi connectivity index (χ3v) is 2.49. The molecule has 1 unspecified atom stereocenters. The van der Waals surface area contributed by atoms with E-state index in [-0.39, 0.29) is 6.04 Å². The van der Waals surface area contributed by atoms with Crippen molar-refractivity contribution in [3.8, 4) is 0 Å². The Morgan fingerprint density at radius 1 is 1.44 bits per heavy atom. The van der Waals surface area contributed by atoms with Crippen LogP contribution in [0.15, 0.2) is 12.4 Å². The number of aryl methyl sites for hydroxylation is 1. The fourth-order valence-electron chi connectivity index (χ4n) is 1.57. The molecular formula is C12H23N3O. The van der Waals surface area contributed by atoms with Crippen molar-refractivity contribution in [3.63, 3.8) is 0 Å². The van der Waals surface area contributed by atoms with Gasteiger partial charge in [0.15, 0.2) is 0 Å². The monoisotopic (exact) mass is 225 g/mol. The molecule has 0 spiro atoms. The van der Waals surface area contributed by atoms with Gasteiger partial charge < -0.3 is 10.5 Å². The summed E-state index contributed by atoms with van der Waals surface area (Å²) in [6.07, 6.45) is 6.83. The largest absolute Gasteiger partial charge is 0.381 e. The van der Waals surface area contributed by atoms with Crippen LogP contribution in [0.5, 0.6) is 0 Å². The van der Waals surface area contributed by atoms with Crippen LogP contribution in [-0.4, -0.2) is 29.0 Å². The molecule has 0 aromatic carbocycles. The Bertz CT molecular complexity index is 286. The Morgan fingerprint density at radius 2 is 2.25 bits per heavy atom. The van der Waals surface area contributed by atoms with E-state index in [9.17, 15) is 0 Å². The van der Waals surface area contributed by atoms with E-state index >= 15 is 0 Å². The summed E-state index contributed by atoms with van der Waals surface area (Å²) in [4.78, 5) is 0. The van der Waals surface area contributed by atoms with Crippen LogP contribution in [0.4, 0.5) is 0 Å². The lowest BCUT2D eigenvalue weighted by molar-refractivity contribution is 0.127. The van der Waals surface area contributed by atoms with Crippen LogP contribution in [-0.2, 0) is 17.7 Å². The van der Waals surface area contributed by atoms with Gasteiger partial charge in [0.25, 0.3) is 0 Å². The second-order valence-corrected chi connectivity index (χ2v) is 4.07. The maximum absolute atomic E-state index is 6.02. The van der Waals surface area contributed by atoms with Crippen molar-refractivity contribution in [2.75, 3.05) is 13.2 Å². The summed E-state index contributed by atoms with van der Waals surface area (Å²) in [6, 6.07) is 0.173. The Hall–Kier alpha value is -0.870. The number of nitrogens with two attached hydrogens (primary N) is 1. The number of ether oxygens (including phenoxy) is 1. The van der Waals surface area contributed by atoms with Gasteiger partial charge in [0.05, 0.1) is 6.20 Å². The van der Waals surface area contributed by atoms with Crippen molar-refractivity contribution in [2.24, 2.45) is 5.73 Å². The molecule has 0 aliphatic heterocycles. The van der Waals surface area contributed by atoms with Crippen molar-refractivity contribution in [3.05, 3.63) is 18.0 Å². The van der Waals surface area contributed by atoms with Crippen LogP contribution in [0.25, 0.3) is 0 Å². The Morgan fingerprint density at radius 3 is 2.88 bits per heavy atom. The maximum atomic E-state index is 6.02. The zero-order valence-electron chi connectivity index (χ0n) is 10.4. The summed E-state index contributed by atoms with van der Waals surface area (Å²) in [7, 11) is 0. The molecule has 0 fully saturated rings. The lowest BCUT2D eigenvalue weighted by Gasteiger charge is -2.10. The molecule has 0 amide bonds. The first-order valence-corrected chi connectivity index (χ1v) is 6.10. The van der Waals surface area contributed by atoms with Crippen LogP contribution in [0, 0.1) is 0 Å². The highest BCUT2D eigenvalue weighted by Gasteiger charge is 2.05.